The largest absolute Gasteiger partial charge is 0.472 e. The Bertz CT molecular complexity index is 1650. The average Bonchev–Trinajstić information content (AvgIpc) is 3.57. The molecule has 0 saturated carbocycles. The topological polar surface area (TPSA) is 237 Å². The molecule has 0 radical (unpaired) electrons. The number of unbranched alkanes of at least 4 members (excludes halogenated alkanes) is 38. The molecule has 85 heavy (non-hydrogen) atoms. The van der Waals surface area contributed by atoms with E-state index in [0.717, 1.165) is 109 Å². The molecular formula is C66H128O17P2. The molecule has 0 aromatic heterocycles. The molecule has 19 heteroatoms. The van der Waals surface area contributed by atoms with Crippen LogP contribution in [0.5, 0.6) is 0 Å². The molecule has 17 nitrogen and oxygen atoms in total. The minimum absolute atomic E-state index is 0.105. The normalized spacial score (nSPS) is 14.2. The van der Waals surface area contributed by atoms with Crippen molar-refractivity contribution >= 4 is 39.5 Å². The summed E-state index contributed by atoms with van der Waals surface area (Å²) in [6.45, 7) is 7.16. The Morgan fingerprint density at radius 1 is 0.318 bits per heavy atom. The van der Waals surface area contributed by atoms with E-state index in [9.17, 15) is 43.2 Å². The van der Waals surface area contributed by atoms with Gasteiger partial charge >= 0.3 is 39.5 Å². The maximum atomic E-state index is 13.0. The van der Waals surface area contributed by atoms with Gasteiger partial charge in [-0.25, -0.2) is 9.13 Å². The Morgan fingerprint density at radius 2 is 0.541 bits per heavy atom. The van der Waals surface area contributed by atoms with Crippen LogP contribution in [0, 0.1) is 5.92 Å². The Morgan fingerprint density at radius 3 is 0.800 bits per heavy atom. The molecule has 2 unspecified atom stereocenters. The van der Waals surface area contributed by atoms with Crippen LogP contribution in [0.4, 0.5) is 0 Å². The fraction of sp³-hybridized carbons (Fsp3) is 0.939. The number of phosphoric acid groups is 2. The van der Waals surface area contributed by atoms with Crippen molar-refractivity contribution in [2.24, 2.45) is 5.92 Å². The summed E-state index contributed by atoms with van der Waals surface area (Å²) in [6, 6.07) is 0. The summed E-state index contributed by atoms with van der Waals surface area (Å²) < 4.78 is 68.0. The molecule has 0 aliphatic rings. The van der Waals surface area contributed by atoms with Crippen LogP contribution in [0.15, 0.2) is 0 Å². The van der Waals surface area contributed by atoms with Crippen LogP contribution in [0.3, 0.4) is 0 Å². The lowest BCUT2D eigenvalue weighted by Gasteiger charge is -2.21. The second kappa shape index (κ2) is 59.7. The first kappa shape index (κ1) is 83.1. The fourth-order valence-corrected chi connectivity index (χ4v) is 11.5. The van der Waals surface area contributed by atoms with E-state index in [1.54, 1.807) is 0 Å². The molecule has 0 amide bonds. The van der Waals surface area contributed by atoms with Crippen LogP contribution >= 0.6 is 15.6 Å². The van der Waals surface area contributed by atoms with Gasteiger partial charge in [-0.3, -0.25) is 37.3 Å². The van der Waals surface area contributed by atoms with Gasteiger partial charge < -0.3 is 33.8 Å². The van der Waals surface area contributed by atoms with Crippen molar-refractivity contribution in [3.8, 4) is 0 Å². The van der Waals surface area contributed by atoms with Crippen LogP contribution in [0.1, 0.15) is 336 Å². The molecule has 0 rings (SSSR count). The molecule has 0 heterocycles. The van der Waals surface area contributed by atoms with Crippen molar-refractivity contribution in [3.05, 3.63) is 0 Å². The standard InChI is InChI=1S/C66H128O17P2/c1-6-9-12-15-18-20-21-22-23-24-25-26-32-37-42-47-52-66(71)83-62(56-77-64(69)50-45-40-35-31-28-27-30-34-38-43-48-59(4)5)58-81-85(74,75)79-54-60(67)53-78-84(72,73)80-57-61(55-76-63(68)49-44-39-33-17-14-11-8-3)82-65(70)51-46-41-36-29-19-16-13-10-7-2/h59-62,67H,6-58H2,1-5H3,(H,72,73)(H,74,75)/t60-,61+,62+/m0/s1. The molecule has 0 aliphatic carbocycles. The molecule has 0 spiro atoms. The van der Waals surface area contributed by atoms with E-state index in [1.807, 2.05) is 0 Å². The summed E-state index contributed by atoms with van der Waals surface area (Å²) in [5, 5.41) is 10.5. The molecule has 0 saturated heterocycles. The van der Waals surface area contributed by atoms with Crippen molar-refractivity contribution in [2.45, 2.75) is 355 Å². The Balaban J connectivity index is 5.19. The van der Waals surface area contributed by atoms with Crippen molar-refractivity contribution in [1.82, 2.24) is 0 Å². The van der Waals surface area contributed by atoms with Gasteiger partial charge in [0, 0.05) is 25.7 Å². The number of hydrogen-bond acceptors (Lipinski definition) is 15. The van der Waals surface area contributed by atoms with Gasteiger partial charge in [-0.1, -0.05) is 285 Å². The van der Waals surface area contributed by atoms with Crippen molar-refractivity contribution < 1.29 is 80.2 Å². The second-order valence-corrected chi connectivity index (χ2v) is 27.2. The summed E-state index contributed by atoms with van der Waals surface area (Å²) in [4.78, 5) is 72.2. The van der Waals surface area contributed by atoms with Gasteiger partial charge in [-0.15, -0.1) is 0 Å². The molecule has 0 aromatic carbocycles. The number of phosphoric ester groups is 2. The molecule has 3 N–H and O–H groups in total. The van der Waals surface area contributed by atoms with Crippen LogP contribution in [0.2, 0.25) is 0 Å². The number of ether oxygens (including phenoxy) is 4. The highest BCUT2D eigenvalue weighted by atomic mass is 31.2. The summed E-state index contributed by atoms with van der Waals surface area (Å²) >= 11 is 0. The third kappa shape index (κ3) is 60.7. The first-order valence-electron chi connectivity index (χ1n) is 34.6. The first-order chi connectivity index (χ1) is 41.0. The fourth-order valence-electron chi connectivity index (χ4n) is 9.94. The lowest BCUT2D eigenvalue weighted by molar-refractivity contribution is -0.161. The van der Waals surface area contributed by atoms with Gasteiger partial charge in [-0.05, 0) is 31.6 Å². The molecule has 504 valence electrons. The summed E-state index contributed by atoms with van der Waals surface area (Å²) in [5.41, 5.74) is 0. The highest BCUT2D eigenvalue weighted by molar-refractivity contribution is 7.47. The zero-order chi connectivity index (χ0) is 62.8. The first-order valence-corrected chi connectivity index (χ1v) is 37.6. The maximum absolute atomic E-state index is 13.0. The van der Waals surface area contributed by atoms with Crippen molar-refractivity contribution in [2.75, 3.05) is 39.6 Å². The molecule has 0 fully saturated rings. The summed E-state index contributed by atoms with van der Waals surface area (Å²) in [5.74, 6) is -1.37. The van der Waals surface area contributed by atoms with Crippen LogP contribution in [-0.2, 0) is 65.4 Å². The smallest absolute Gasteiger partial charge is 0.462 e. The number of carbonyl (C=O) groups excluding carboxylic acids is 4. The van der Waals surface area contributed by atoms with E-state index in [0.29, 0.717) is 25.7 Å². The predicted molar refractivity (Wildman–Crippen MR) is 340 cm³/mol. The van der Waals surface area contributed by atoms with E-state index in [1.165, 1.54) is 148 Å². The molecule has 0 bridgehead atoms. The van der Waals surface area contributed by atoms with Gasteiger partial charge in [0.15, 0.2) is 12.2 Å². The second-order valence-electron chi connectivity index (χ2n) is 24.3. The summed E-state index contributed by atoms with van der Waals surface area (Å²) in [6.07, 6.45) is 44.5. The highest BCUT2D eigenvalue weighted by Crippen LogP contribution is 2.45. The minimum Gasteiger partial charge on any atom is -0.462 e. The van der Waals surface area contributed by atoms with Gasteiger partial charge in [-0.2, -0.15) is 0 Å². The van der Waals surface area contributed by atoms with Crippen molar-refractivity contribution in [1.29, 1.82) is 0 Å². The van der Waals surface area contributed by atoms with Crippen LogP contribution in [-0.4, -0.2) is 96.7 Å². The van der Waals surface area contributed by atoms with E-state index in [4.69, 9.17) is 37.0 Å². The predicted octanol–water partition coefficient (Wildman–Crippen LogP) is 18.6. The average molecular weight is 1260 g/mol. The minimum atomic E-state index is -4.95. The zero-order valence-electron chi connectivity index (χ0n) is 54.7. The highest BCUT2D eigenvalue weighted by Gasteiger charge is 2.30. The number of rotatable bonds is 66. The van der Waals surface area contributed by atoms with E-state index >= 15 is 0 Å². The lowest BCUT2D eigenvalue weighted by atomic mass is 10.0. The van der Waals surface area contributed by atoms with Gasteiger partial charge in [0.1, 0.15) is 19.3 Å². The number of esters is 4. The Labute approximate surface area is 517 Å². The molecule has 5 atom stereocenters. The SMILES string of the molecule is CCCCCCCCCCCCCCCCCCC(=O)O[C@H](COC(=O)CCCCCCCCCCCCC(C)C)COP(=O)(O)OC[C@@H](O)COP(=O)(O)OC[C@@H](COC(=O)CCCCCCCCC)OC(=O)CCCCCCCCCCC. The van der Waals surface area contributed by atoms with Gasteiger partial charge in [0.25, 0.3) is 0 Å². The molecular weight excluding hydrogens is 1130 g/mol. The van der Waals surface area contributed by atoms with Gasteiger partial charge in [0.05, 0.1) is 26.4 Å². The third-order valence-electron chi connectivity index (χ3n) is 15.3. The monoisotopic (exact) mass is 1250 g/mol. The van der Waals surface area contributed by atoms with Crippen LogP contribution in [0.25, 0.3) is 0 Å². The lowest BCUT2D eigenvalue weighted by Crippen LogP contribution is -2.30. The Kier molecular flexibility index (Phi) is 58.3. The summed E-state index contributed by atoms with van der Waals surface area (Å²) in [7, 11) is -9.88. The van der Waals surface area contributed by atoms with Gasteiger partial charge in [0.2, 0.25) is 0 Å². The van der Waals surface area contributed by atoms with Crippen molar-refractivity contribution in [3.63, 3.8) is 0 Å². The zero-order valence-corrected chi connectivity index (χ0v) is 56.5. The molecule has 0 aromatic rings. The quantitative estimate of drug-likeness (QED) is 0.0222. The van der Waals surface area contributed by atoms with Crippen LogP contribution < -0.4 is 0 Å². The Hall–Kier alpha value is -1.94. The number of aliphatic hydroxyl groups excluding tert-OH is 1. The number of hydrogen-bond donors (Lipinski definition) is 3. The number of carbonyl (C=O) groups is 4. The molecule has 0 aliphatic heterocycles. The third-order valence-corrected chi connectivity index (χ3v) is 17.2. The maximum Gasteiger partial charge on any atom is 0.472 e. The number of aliphatic hydroxyl groups is 1. The van der Waals surface area contributed by atoms with E-state index < -0.39 is 97.5 Å². The van der Waals surface area contributed by atoms with E-state index in [2.05, 4.69) is 34.6 Å². The van der Waals surface area contributed by atoms with E-state index in [-0.39, 0.29) is 25.7 Å².